The van der Waals surface area contributed by atoms with E-state index in [2.05, 4.69) is 29.4 Å². The van der Waals surface area contributed by atoms with E-state index in [0.29, 0.717) is 0 Å². The molecule has 2 aromatic heterocycles. The van der Waals surface area contributed by atoms with Crippen LogP contribution in [0.15, 0.2) is 12.1 Å². The molecule has 0 amide bonds. The van der Waals surface area contributed by atoms with Gasteiger partial charge in [-0.05, 0) is 25.5 Å². The van der Waals surface area contributed by atoms with Crippen molar-refractivity contribution in [2.45, 2.75) is 26.8 Å². The Hall–Kier alpha value is -1.000. The molecule has 16 heavy (non-hydrogen) atoms. The van der Waals surface area contributed by atoms with Gasteiger partial charge in [-0.15, -0.1) is 11.3 Å². The lowest BCUT2D eigenvalue weighted by Gasteiger charge is -2.01. The lowest BCUT2D eigenvalue weighted by atomic mass is 10.2. The second kappa shape index (κ2) is 4.89. The second-order valence-electron chi connectivity index (χ2n) is 3.59. The van der Waals surface area contributed by atoms with Gasteiger partial charge in [0.15, 0.2) is 5.82 Å². The van der Waals surface area contributed by atoms with Crippen molar-refractivity contribution in [3.05, 3.63) is 32.6 Å². The molecule has 0 aliphatic rings. The zero-order chi connectivity index (χ0) is 11.5. The summed E-state index contributed by atoms with van der Waals surface area (Å²) in [5, 5.41) is 10.6. The number of aryl methyl sites for hydroxylation is 1. The summed E-state index contributed by atoms with van der Waals surface area (Å²) in [5.41, 5.74) is 2.39. The topological polar surface area (TPSA) is 40.7 Å². The Morgan fingerprint density at radius 1 is 1.50 bits per heavy atom. The van der Waals surface area contributed by atoms with Crippen molar-refractivity contribution in [2.75, 3.05) is 5.32 Å². The summed E-state index contributed by atoms with van der Waals surface area (Å²) in [6, 6.07) is 3.95. The first-order valence-corrected chi connectivity index (χ1v) is 6.42. The third-order valence-electron chi connectivity index (χ3n) is 2.52. The highest BCUT2D eigenvalue weighted by molar-refractivity contribution is 7.16. The van der Waals surface area contributed by atoms with E-state index < -0.39 is 0 Å². The molecule has 0 spiro atoms. The Morgan fingerprint density at radius 2 is 2.31 bits per heavy atom. The van der Waals surface area contributed by atoms with Crippen LogP contribution in [0.2, 0.25) is 4.34 Å². The summed E-state index contributed by atoms with van der Waals surface area (Å²) in [6.07, 6.45) is 0.978. The maximum absolute atomic E-state index is 5.87. The Labute approximate surface area is 104 Å². The monoisotopic (exact) mass is 255 g/mol. The molecule has 2 N–H and O–H groups in total. The molecule has 86 valence electrons. The quantitative estimate of drug-likeness (QED) is 0.876. The number of hydrogen-bond acceptors (Lipinski definition) is 3. The van der Waals surface area contributed by atoms with Gasteiger partial charge in [0, 0.05) is 16.1 Å². The van der Waals surface area contributed by atoms with E-state index in [0.717, 1.165) is 23.1 Å². The zero-order valence-corrected chi connectivity index (χ0v) is 10.9. The van der Waals surface area contributed by atoms with Crippen molar-refractivity contribution in [1.82, 2.24) is 10.2 Å². The first-order valence-electron chi connectivity index (χ1n) is 5.22. The van der Waals surface area contributed by atoms with Crippen LogP contribution in [0.25, 0.3) is 0 Å². The van der Waals surface area contributed by atoms with E-state index in [1.54, 1.807) is 11.3 Å². The molecule has 3 nitrogen and oxygen atoms in total. The Bertz CT molecular complexity index is 475. The largest absolute Gasteiger partial charge is 0.363 e. The number of H-pyrrole nitrogens is 1. The van der Waals surface area contributed by atoms with Gasteiger partial charge in [0.25, 0.3) is 0 Å². The lowest BCUT2D eigenvalue weighted by molar-refractivity contribution is 0.966. The highest BCUT2D eigenvalue weighted by atomic mass is 35.5. The summed E-state index contributed by atoms with van der Waals surface area (Å²) in [4.78, 5) is 1.21. The van der Waals surface area contributed by atoms with Gasteiger partial charge < -0.3 is 5.32 Å². The molecular formula is C11H14ClN3S. The molecule has 0 aromatic carbocycles. The molecule has 0 bridgehead atoms. The first-order chi connectivity index (χ1) is 7.70. The molecule has 0 saturated heterocycles. The highest BCUT2D eigenvalue weighted by Crippen LogP contribution is 2.23. The summed E-state index contributed by atoms with van der Waals surface area (Å²) < 4.78 is 0.824. The minimum atomic E-state index is 0.770. The second-order valence-corrected chi connectivity index (χ2v) is 5.39. The Morgan fingerprint density at radius 3 is 2.88 bits per heavy atom. The minimum absolute atomic E-state index is 0.770. The van der Waals surface area contributed by atoms with Gasteiger partial charge in [0.05, 0.1) is 10.9 Å². The number of aromatic amines is 1. The van der Waals surface area contributed by atoms with Crippen molar-refractivity contribution < 1.29 is 0 Å². The predicted molar refractivity (Wildman–Crippen MR) is 69.4 cm³/mol. The van der Waals surface area contributed by atoms with Crippen LogP contribution in [-0.2, 0) is 13.0 Å². The number of aromatic nitrogens is 2. The molecule has 2 aromatic rings. The third-order valence-corrected chi connectivity index (χ3v) is 3.75. The van der Waals surface area contributed by atoms with Crippen LogP contribution in [-0.4, -0.2) is 10.2 Å². The van der Waals surface area contributed by atoms with Gasteiger partial charge in [0.2, 0.25) is 0 Å². The van der Waals surface area contributed by atoms with Crippen molar-refractivity contribution in [1.29, 1.82) is 0 Å². The summed E-state index contributed by atoms with van der Waals surface area (Å²) >= 11 is 7.46. The van der Waals surface area contributed by atoms with Crippen LogP contribution < -0.4 is 5.32 Å². The molecule has 2 heterocycles. The summed E-state index contributed by atoms with van der Waals surface area (Å²) in [7, 11) is 0. The Balaban J connectivity index is 2.02. The molecule has 0 radical (unpaired) electrons. The minimum Gasteiger partial charge on any atom is -0.363 e. The van der Waals surface area contributed by atoms with Crippen LogP contribution in [0, 0.1) is 6.92 Å². The molecule has 0 aliphatic heterocycles. The molecule has 0 atom stereocenters. The van der Waals surface area contributed by atoms with E-state index >= 15 is 0 Å². The van der Waals surface area contributed by atoms with Crippen LogP contribution in [0.4, 0.5) is 5.82 Å². The average Bonchev–Trinajstić information content (AvgIpc) is 2.83. The first kappa shape index (κ1) is 11.5. The van der Waals surface area contributed by atoms with E-state index in [9.17, 15) is 0 Å². The van der Waals surface area contributed by atoms with E-state index in [1.165, 1.54) is 16.1 Å². The number of hydrogen-bond donors (Lipinski definition) is 2. The number of rotatable bonds is 4. The predicted octanol–water partition coefficient (Wildman–Crippen LogP) is 3.61. The summed E-state index contributed by atoms with van der Waals surface area (Å²) in [5.74, 6) is 0.932. The zero-order valence-electron chi connectivity index (χ0n) is 9.30. The molecule has 2 rings (SSSR count). The highest BCUT2D eigenvalue weighted by Gasteiger charge is 2.07. The number of anilines is 1. The number of nitrogens with zero attached hydrogens (tertiary/aromatic N) is 1. The molecule has 0 fully saturated rings. The van der Waals surface area contributed by atoms with Crippen LogP contribution >= 0.6 is 22.9 Å². The maximum Gasteiger partial charge on any atom is 0.151 e. The average molecular weight is 256 g/mol. The molecule has 0 aliphatic carbocycles. The number of halogens is 1. The SMILES string of the molecule is CCc1[nH]nc(NCc2ccc(Cl)s2)c1C. The van der Waals surface area contributed by atoms with E-state index in [-0.39, 0.29) is 0 Å². The maximum atomic E-state index is 5.87. The van der Waals surface area contributed by atoms with Crippen molar-refractivity contribution >= 4 is 28.8 Å². The van der Waals surface area contributed by atoms with Crippen LogP contribution in [0.5, 0.6) is 0 Å². The van der Waals surface area contributed by atoms with Crippen molar-refractivity contribution in [3.8, 4) is 0 Å². The summed E-state index contributed by atoms with van der Waals surface area (Å²) in [6.45, 7) is 4.96. The lowest BCUT2D eigenvalue weighted by Crippen LogP contribution is -1.99. The van der Waals surface area contributed by atoms with E-state index in [4.69, 9.17) is 11.6 Å². The van der Waals surface area contributed by atoms with Gasteiger partial charge in [0.1, 0.15) is 0 Å². The fourth-order valence-corrected chi connectivity index (χ4v) is 2.60. The van der Waals surface area contributed by atoms with Gasteiger partial charge in [-0.1, -0.05) is 18.5 Å². The van der Waals surface area contributed by atoms with Gasteiger partial charge >= 0.3 is 0 Å². The molecule has 0 unspecified atom stereocenters. The van der Waals surface area contributed by atoms with Crippen molar-refractivity contribution in [2.24, 2.45) is 0 Å². The number of nitrogens with one attached hydrogen (secondary N) is 2. The van der Waals surface area contributed by atoms with Crippen LogP contribution in [0.1, 0.15) is 23.1 Å². The van der Waals surface area contributed by atoms with Gasteiger partial charge in [-0.25, -0.2) is 0 Å². The van der Waals surface area contributed by atoms with Gasteiger partial charge in [-0.2, -0.15) is 5.10 Å². The van der Waals surface area contributed by atoms with Crippen molar-refractivity contribution in [3.63, 3.8) is 0 Å². The standard InChI is InChI=1S/C11H14ClN3S/c1-3-9-7(2)11(15-14-9)13-6-8-4-5-10(12)16-8/h4-5H,3,6H2,1-2H3,(H2,13,14,15). The molecular weight excluding hydrogens is 242 g/mol. The van der Waals surface area contributed by atoms with Gasteiger partial charge in [-0.3, -0.25) is 5.10 Å². The van der Waals surface area contributed by atoms with E-state index in [1.807, 2.05) is 12.1 Å². The fraction of sp³-hybridized carbons (Fsp3) is 0.364. The Kier molecular flexibility index (Phi) is 3.51. The smallest absolute Gasteiger partial charge is 0.151 e. The van der Waals surface area contributed by atoms with Crippen LogP contribution in [0.3, 0.4) is 0 Å². The molecule has 5 heteroatoms. The third kappa shape index (κ3) is 2.39. The number of thiophene rings is 1. The molecule has 0 saturated carbocycles. The normalized spacial score (nSPS) is 10.7. The fourth-order valence-electron chi connectivity index (χ4n) is 1.57.